The van der Waals surface area contributed by atoms with Crippen molar-refractivity contribution in [1.82, 2.24) is 20.3 Å². The number of sulfonamides is 1. The molecule has 0 saturated carbocycles. The fourth-order valence-corrected chi connectivity index (χ4v) is 3.73. The molecule has 0 aliphatic heterocycles. The Kier molecular flexibility index (Phi) is 9.48. The van der Waals surface area contributed by atoms with Crippen LogP contribution in [0.1, 0.15) is 21.5 Å². The molecule has 0 heterocycles. The van der Waals surface area contributed by atoms with Crippen molar-refractivity contribution in [3.63, 3.8) is 0 Å². The molecule has 8 nitrogen and oxygen atoms in total. The molecule has 3 N–H and O–H groups in total. The van der Waals surface area contributed by atoms with Gasteiger partial charge in [0.2, 0.25) is 10.0 Å². The van der Waals surface area contributed by atoms with Crippen LogP contribution in [0.15, 0.2) is 59.6 Å². The van der Waals surface area contributed by atoms with Crippen molar-refractivity contribution in [3.05, 3.63) is 71.3 Å². The maximum absolute atomic E-state index is 12.2. The van der Waals surface area contributed by atoms with E-state index in [1.807, 2.05) is 48.5 Å². The van der Waals surface area contributed by atoms with E-state index < -0.39 is 10.0 Å². The van der Waals surface area contributed by atoms with Gasteiger partial charge in [0.15, 0.2) is 5.96 Å². The number of rotatable bonds is 10. The molecule has 2 rings (SSSR count). The molecule has 0 radical (unpaired) electrons. The summed E-state index contributed by atoms with van der Waals surface area (Å²) in [5, 5.41) is 6.18. The van der Waals surface area contributed by atoms with Gasteiger partial charge in [0.25, 0.3) is 5.91 Å². The van der Waals surface area contributed by atoms with Crippen molar-refractivity contribution < 1.29 is 13.2 Å². The van der Waals surface area contributed by atoms with Gasteiger partial charge in [0.05, 0.1) is 5.75 Å². The zero-order chi connectivity index (χ0) is 22.7. The fraction of sp³-hybridized carbons (Fsp3) is 0.364. The van der Waals surface area contributed by atoms with Crippen molar-refractivity contribution in [2.75, 3.05) is 40.0 Å². The molecule has 9 heteroatoms. The second kappa shape index (κ2) is 12.1. The first-order chi connectivity index (χ1) is 14.8. The summed E-state index contributed by atoms with van der Waals surface area (Å²) >= 11 is 0. The van der Waals surface area contributed by atoms with E-state index in [-0.39, 0.29) is 24.7 Å². The fourth-order valence-electron chi connectivity index (χ4n) is 2.83. The monoisotopic (exact) mass is 445 g/mol. The Hall–Kier alpha value is -2.91. The summed E-state index contributed by atoms with van der Waals surface area (Å²) in [7, 11) is 1.69. The quantitative estimate of drug-likeness (QED) is 0.377. The molecule has 1 amide bonds. The standard InChI is InChI=1S/C22H31N5O3S/c1-23-22(24-13-12-18-10-7-11-20(16-18)21(28)27(2)3)25-14-15-31(29,30)26-17-19-8-5-4-6-9-19/h4-11,16,26H,12-15,17H2,1-3H3,(H2,23,24,25). The molecule has 0 aliphatic carbocycles. The third kappa shape index (κ3) is 8.77. The summed E-state index contributed by atoms with van der Waals surface area (Å²) in [5.74, 6) is 0.433. The molecule has 31 heavy (non-hydrogen) atoms. The van der Waals surface area contributed by atoms with Crippen LogP contribution in [0.2, 0.25) is 0 Å². The van der Waals surface area contributed by atoms with Crippen LogP contribution in [0.4, 0.5) is 0 Å². The third-order valence-corrected chi connectivity index (χ3v) is 5.84. The highest BCUT2D eigenvalue weighted by molar-refractivity contribution is 7.89. The van der Waals surface area contributed by atoms with E-state index in [2.05, 4.69) is 20.3 Å². The largest absolute Gasteiger partial charge is 0.356 e. The zero-order valence-corrected chi connectivity index (χ0v) is 19.1. The minimum Gasteiger partial charge on any atom is -0.356 e. The number of benzene rings is 2. The molecule has 2 aromatic rings. The summed E-state index contributed by atoms with van der Waals surface area (Å²) in [6, 6.07) is 16.9. The average Bonchev–Trinajstić information content (AvgIpc) is 2.77. The van der Waals surface area contributed by atoms with Crippen LogP contribution in [0.3, 0.4) is 0 Å². The minimum atomic E-state index is -3.40. The lowest BCUT2D eigenvalue weighted by Crippen LogP contribution is -2.41. The van der Waals surface area contributed by atoms with Crippen LogP contribution in [-0.4, -0.2) is 65.2 Å². The number of aliphatic imine (C=N–C) groups is 1. The van der Waals surface area contributed by atoms with Crippen molar-refractivity contribution in [3.8, 4) is 0 Å². The van der Waals surface area contributed by atoms with Crippen LogP contribution in [-0.2, 0) is 23.0 Å². The lowest BCUT2D eigenvalue weighted by molar-refractivity contribution is 0.0827. The molecule has 0 bridgehead atoms. The maximum atomic E-state index is 12.2. The van der Waals surface area contributed by atoms with Gasteiger partial charge >= 0.3 is 0 Å². The van der Waals surface area contributed by atoms with Crippen molar-refractivity contribution >= 4 is 21.9 Å². The van der Waals surface area contributed by atoms with Gasteiger partial charge in [-0.1, -0.05) is 42.5 Å². The Bertz CT molecular complexity index is 976. The Morgan fingerprint density at radius 1 is 0.968 bits per heavy atom. The molecule has 0 atom stereocenters. The summed E-state index contributed by atoms with van der Waals surface area (Å²) in [6.45, 7) is 1.10. The Morgan fingerprint density at radius 2 is 1.65 bits per heavy atom. The molecule has 0 fully saturated rings. The smallest absolute Gasteiger partial charge is 0.253 e. The highest BCUT2D eigenvalue weighted by atomic mass is 32.2. The van der Waals surface area contributed by atoms with Gasteiger partial charge in [0.1, 0.15) is 0 Å². The number of hydrogen-bond acceptors (Lipinski definition) is 4. The van der Waals surface area contributed by atoms with Gasteiger partial charge in [-0.25, -0.2) is 13.1 Å². The topological polar surface area (TPSA) is 103 Å². The van der Waals surface area contributed by atoms with Gasteiger partial charge in [-0.05, 0) is 29.7 Å². The SMILES string of the molecule is CN=C(NCCc1cccc(C(=O)N(C)C)c1)NCCS(=O)(=O)NCc1ccccc1. The Balaban J connectivity index is 1.74. The van der Waals surface area contributed by atoms with Crippen LogP contribution in [0, 0.1) is 0 Å². The highest BCUT2D eigenvalue weighted by Gasteiger charge is 2.11. The third-order valence-electron chi connectivity index (χ3n) is 4.51. The number of nitrogens with zero attached hydrogens (tertiary/aromatic N) is 2. The molecule has 2 aromatic carbocycles. The Morgan fingerprint density at radius 3 is 2.32 bits per heavy atom. The average molecular weight is 446 g/mol. The number of carbonyl (C=O) groups excluding carboxylic acids is 1. The predicted octanol–water partition coefficient (Wildman–Crippen LogP) is 1.22. The molecule has 0 aromatic heterocycles. The van der Waals surface area contributed by atoms with Crippen LogP contribution in [0.5, 0.6) is 0 Å². The van der Waals surface area contributed by atoms with Crippen molar-refractivity contribution in [2.24, 2.45) is 4.99 Å². The van der Waals surface area contributed by atoms with Crippen LogP contribution >= 0.6 is 0 Å². The predicted molar refractivity (Wildman–Crippen MR) is 125 cm³/mol. The zero-order valence-electron chi connectivity index (χ0n) is 18.3. The number of nitrogens with one attached hydrogen (secondary N) is 3. The van der Waals surface area contributed by atoms with Gasteiger partial charge in [0, 0.05) is 46.3 Å². The van der Waals surface area contributed by atoms with Gasteiger partial charge in [-0.15, -0.1) is 0 Å². The summed E-state index contributed by atoms with van der Waals surface area (Å²) < 4.78 is 26.9. The number of amides is 1. The lowest BCUT2D eigenvalue weighted by atomic mass is 10.1. The molecule has 0 aliphatic rings. The van der Waals surface area contributed by atoms with Crippen LogP contribution < -0.4 is 15.4 Å². The molecule has 0 unspecified atom stereocenters. The van der Waals surface area contributed by atoms with Gasteiger partial charge in [-0.2, -0.15) is 0 Å². The van der Waals surface area contributed by atoms with E-state index in [1.165, 1.54) is 0 Å². The Labute approximate surface area is 184 Å². The molecule has 0 spiro atoms. The number of hydrogen-bond donors (Lipinski definition) is 3. The summed E-state index contributed by atoms with van der Waals surface area (Å²) in [4.78, 5) is 17.7. The summed E-state index contributed by atoms with van der Waals surface area (Å²) in [5.41, 5.74) is 2.59. The highest BCUT2D eigenvalue weighted by Crippen LogP contribution is 2.07. The van der Waals surface area contributed by atoms with E-state index >= 15 is 0 Å². The summed E-state index contributed by atoms with van der Waals surface area (Å²) in [6.07, 6.45) is 0.701. The van der Waals surface area contributed by atoms with E-state index in [9.17, 15) is 13.2 Å². The number of carbonyl (C=O) groups is 1. The van der Waals surface area contributed by atoms with Crippen molar-refractivity contribution in [1.29, 1.82) is 0 Å². The van der Waals surface area contributed by atoms with E-state index in [0.717, 1.165) is 11.1 Å². The lowest BCUT2D eigenvalue weighted by Gasteiger charge is -2.13. The van der Waals surface area contributed by atoms with Crippen LogP contribution in [0.25, 0.3) is 0 Å². The molecular weight excluding hydrogens is 414 g/mol. The first-order valence-electron chi connectivity index (χ1n) is 10.1. The van der Waals surface area contributed by atoms with E-state index in [0.29, 0.717) is 24.5 Å². The van der Waals surface area contributed by atoms with Gasteiger partial charge < -0.3 is 15.5 Å². The first-order valence-corrected chi connectivity index (χ1v) is 11.7. The van der Waals surface area contributed by atoms with E-state index in [4.69, 9.17) is 0 Å². The second-order valence-electron chi connectivity index (χ2n) is 7.20. The first kappa shape index (κ1) is 24.4. The molecule has 0 saturated heterocycles. The van der Waals surface area contributed by atoms with Gasteiger partial charge in [-0.3, -0.25) is 9.79 Å². The normalized spacial score (nSPS) is 11.8. The minimum absolute atomic E-state index is 0.0330. The number of guanidine groups is 1. The van der Waals surface area contributed by atoms with Crippen molar-refractivity contribution in [2.45, 2.75) is 13.0 Å². The molecular formula is C22H31N5O3S. The maximum Gasteiger partial charge on any atom is 0.253 e. The molecule has 168 valence electrons. The van der Waals surface area contributed by atoms with E-state index in [1.54, 1.807) is 32.1 Å². The second-order valence-corrected chi connectivity index (χ2v) is 9.13.